The number of carbonyl (C=O) groups excluding carboxylic acids is 2. The first kappa shape index (κ1) is 21.6. The summed E-state index contributed by atoms with van der Waals surface area (Å²) in [6.07, 6.45) is 0. The maximum absolute atomic E-state index is 13.3. The fourth-order valence-electron chi connectivity index (χ4n) is 3.21. The van der Waals surface area contributed by atoms with E-state index < -0.39 is 5.97 Å². The lowest BCUT2D eigenvalue weighted by atomic mass is 10.1. The number of amides is 1. The van der Waals surface area contributed by atoms with Crippen LogP contribution in [0.5, 0.6) is 0 Å². The van der Waals surface area contributed by atoms with E-state index in [0.29, 0.717) is 33.1 Å². The number of halogens is 1. The van der Waals surface area contributed by atoms with Crippen LogP contribution in [0.4, 0.5) is 0 Å². The van der Waals surface area contributed by atoms with Crippen molar-refractivity contribution in [3.63, 3.8) is 0 Å². The maximum Gasteiger partial charge on any atom is 0.339 e. The summed E-state index contributed by atoms with van der Waals surface area (Å²) in [4.78, 5) is 29.9. The SMILES string of the molecule is COC(=O)c1c(C)[nH]c(C(=O)N(Cc2nnc(-c3ccccc3Cl)o2)C(C)C)c1C. The van der Waals surface area contributed by atoms with Gasteiger partial charge < -0.3 is 19.0 Å². The molecular weight excluding hydrogens is 408 g/mol. The first-order valence-corrected chi connectivity index (χ1v) is 9.78. The van der Waals surface area contributed by atoms with Crippen molar-refractivity contribution >= 4 is 23.5 Å². The van der Waals surface area contributed by atoms with Crippen LogP contribution in [0.15, 0.2) is 28.7 Å². The zero-order valence-corrected chi connectivity index (χ0v) is 18.2. The molecule has 0 spiro atoms. The summed E-state index contributed by atoms with van der Waals surface area (Å²) in [5, 5.41) is 8.62. The predicted octanol–water partition coefficient (Wildman–Crippen LogP) is 4.17. The third-order valence-corrected chi connectivity index (χ3v) is 5.13. The van der Waals surface area contributed by atoms with Crippen LogP contribution in [0.1, 0.15) is 51.8 Å². The van der Waals surface area contributed by atoms with Gasteiger partial charge in [0.05, 0.1) is 29.8 Å². The van der Waals surface area contributed by atoms with Gasteiger partial charge in [0.2, 0.25) is 11.8 Å². The van der Waals surface area contributed by atoms with E-state index in [2.05, 4.69) is 15.2 Å². The fraction of sp³-hybridized carbons (Fsp3) is 0.333. The normalized spacial score (nSPS) is 11.0. The molecule has 158 valence electrons. The molecule has 0 saturated heterocycles. The maximum atomic E-state index is 13.3. The van der Waals surface area contributed by atoms with E-state index in [1.54, 1.807) is 30.9 Å². The third kappa shape index (κ3) is 4.09. The summed E-state index contributed by atoms with van der Waals surface area (Å²) < 4.78 is 10.6. The second kappa shape index (κ2) is 8.71. The van der Waals surface area contributed by atoms with Crippen molar-refractivity contribution in [1.82, 2.24) is 20.1 Å². The molecule has 8 nitrogen and oxygen atoms in total. The lowest BCUT2D eigenvalue weighted by molar-refractivity contribution is 0.0599. The molecule has 0 fully saturated rings. The number of ether oxygens (including phenoxy) is 1. The number of methoxy groups -OCH3 is 1. The Morgan fingerprint density at radius 3 is 2.57 bits per heavy atom. The highest BCUT2D eigenvalue weighted by Gasteiger charge is 2.28. The molecule has 2 aromatic heterocycles. The highest BCUT2D eigenvalue weighted by atomic mass is 35.5. The Kier molecular flexibility index (Phi) is 6.26. The van der Waals surface area contributed by atoms with Gasteiger partial charge >= 0.3 is 5.97 Å². The molecule has 0 aliphatic carbocycles. The Hall–Kier alpha value is -3.13. The number of hydrogen-bond donors (Lipinski definition) is 1. The molecule has 30 heavy (non-hydrogen) atoms. The molecular formula is C21H23ClN4O4. The molecule has 9 heteroatoms. The number of aromatic nitrogens is 3. The van der Waals surface area contributed by atoms with Crippen molar-refractivity contribution < 1.29 is 18.7 Å². The van der Waals surface area contributed by atoms with Gasteiger partial charge in [0.25, 0.3) is 5.91 Å². The minimum atomic E-state index is -0.488. The number of aromatic amines is 1. The second-order valence-corrected chi connectivity index (χ2v) is 7.53. The summed E-state index contributed by atoms with van der Waals surface area (Å²) in [6, 6.07) is 7.00. The topological polar surface area (TPSA) is 101 Å². The Morgan fingerprint density at radius 1 is 1.23 bits per heavy atom. The molecule has 0 unspecified atom stereocenters. The van der Waals surface area contributed by atoms with Crippen LogP contribution in [-0.4, -0.2) is 45.1 Å². The third-order valence-electron chi connectivity index (χ3n) is 4.80. The van der Waals surface area contributed by atoms with E-state index in [4.69, 9.17) is 20.8 Å². The second-order valence-electron chi connectivity index (χ2n) is 7.12. The van der Waals surface area contributed by atoms with Gasteiger partial charge in [-0.3, -0.25) is 4.79 Å². The molecule has 3 rings (SSSR count). The number of benzene rings is 1. The number of esters is 1. The van der Waals surface area contributed by atoms with Crippen LogP contribution in [0, 0.1) is 13.8 Å². The highest BCUT2D eigenvalue weighted by Crippen LogP contribution is 2.27. The van der Waals surface area contributed by atoms with Crippen LogP contribution in [0.2, 0.25) is 5.02 Å². The summed E-state index contributed by atoms with van der Waals surface area (Å²) in [5.41, 5.74) is 2.43. The molecule has 0 aliphatic heterocycles. The van der Waals surface area contributed by atoms with Crippen LogP contribution < -0.4 is 0 Å². The summed E-state index contributed by atoms with van der Waals surface area (Å²) in [7, 11) is 1.31. The van der Waals surface area contributed by atoms with E-state index in [1.807, 2.05) is 26.0 Å². The van der Waals surface area contributed by atoms with Crippen molar-refractivity contribution in [2.75, 3.05) is 7.11 Å². The number of H-pyrrole nitrogens is 1. The molecule has 0 atom stereocenters. The Bertz CT molecular complexity index is 1090. The molecule has 1 amide bonds. The Labute approximate surface area is 179 Å². The van der Waals surface area contributed by atoms with Crippen molar-refractivity contribution in [2.24, 2.45) is 0 Å². The van der Waals surface area contributed by atoms with Gasteiger partial charge in [-0.05, 0) is 45.4 Å². The van der Waals surface area contributed by atoms with Crippen LogP contribution in [0.3, 0.4) is 0 Å². The van der Waals surface area contributed by atoms with Gasteiger partial charge in [0.15, 0.2) is 0 Å². The van der Waals surface area contributed by atoms with Gasteiger partial charge in [-0.25, -0.2) is 4.79 Å². The van der Waals surface area contributed by atoms with Gasteiger partial charge in [-0.2, -0.15) is 0 Å². The fourth-order valence-corrected chi connectivity index (χ4v) is 3.43. The first-order chi connectivity index (χ1) is 14.2. The zero-order chi connectivity index (χ0) is 22.0. The quantitative estimate of drug-likeness (QED) is 0.589. The molecule has 3 aromatic rings. The van der Waals surface area contributed by atoms with E-state index in [1.165, 1.54) is 7.11 Å². The van der Waals surface area contributed by atoms with Gasteiger partial charge in [-0.15, -0.1) is 10.2 Å². The standard InChI is InChI=1S/C21H23ClN4O4/c1-11(2)26(20(27)18-12(3)17(13(4)23-18)21(28)29-5)10-16-24-25-19(30-16)14-8-6-7-9-15(14)22/h6-9,11,23H,10H2,1-5H3. The lowest BCUT2D eigenvalue weighted by Gasteiger charge is -2.25. The molecule has 2 heterocycles. The summed E-state index contributed by atoms with van der Waals surface area (Å²) in [6.45, 7) is 7.32. The van der Waals surface area contributed by atoms with Gasteiger partial charge in [0.1, 0.15) is 5.69 Å². The number of aryl methyl sites for hydroxylation is 1. The summed E-state index contributed by atoms with van der Waals surface area (Å²) >= 11 is 6.19. The number of rotatable bonds is 6. The average molecular weight is 431 g/mol. The Morgan fingerprint density at radius 2 is 1.93 bits per heavy atom. The zero-order valence-electron chi connectivity index (χ0n) is 17.4. The summed E-state index contributed by atoms with van der Waals surface area (Å²) in [5.74, 6) is -0.205. The van der Waals surface area contributed by atoms with Crippen LogP contribution >= 0.6 is 11.6 Å². The average Bonchev–Trinajstić information content (AvgIpc) is 3.29. The molecule has 0 bridgehead atoms. The minimum Gasteiger partial charge on any atom is -0.465 e. The smallest absolute Gasteiger partial charge is 0.339 e. The molecule has 1 N–H and O–H groups in total. The largest absolute Gasteiger partial charge is 0.465 e. The van der Waals surface area contributed by atoms with Gasteiger partial charge in [0, 0.05) is 11.7 Å². The van der Waals surface area contributed by atoms with Crippen molar-refractivity contribution in [1.29, 1.82) is 0 Å². The highest BCUT2D eigenvalue weighted by molar-refractivity contribution is 6.33. The number of nitrogens with one attached hydrogen (secondary N) is 1. The van der Waals surface area contributed by atoms with E-state index in [9.17, 15) is 9.59 Å². The number of carbonyl (C=O) groups is 2. The number of nitrogens with zero attached hydrogens (tertiary/aromatic N) is 3. The van der Waals surface area contributed by atoms with Crippen molar-refractivity contribution in [2.45, 2.75) is 40.3 Å². The van der Waals surface area contributed by atoms with E-state index >= 15 is 0 Å². The molecule has 0 saturated carbocycles. The molecule has 1 aromatic carbocycles. The lowest BCUT2D eigenvalue weighted by Crippen LogP contribution is -2.37. The molecule has 0 radical (unpaired) electrons. The van der Waals surface area contributed by atoms with Crippen LogP contribution in [-0.2, 0) is 11.3 Å². The van der Waals surface area contributed by atoms with Crippen molar-refractivity contribution in [3.8, 4) is 11.5 Å². The monoisotopic (exact) mass is 430 g/mol. The number of hydrogen-bond acceptors (Lipinski definition) is 6. The Balaban J connectivity index is 1.88. The minimum absolute atomic E-state index is 0.110. The van der Waals surface area contributed by atoms with Crippen molar-refractivity contribution in [3.05, 3.63) is 57.7 Å². The van der Waals surface area contributed by atoms with Gasteiger partial charge in [-0.1, -0.05) is 23.7 Å². The molecule has 0 aliphatic rings. The first-order valence-electron chi connectivity index (χ1n) is 9.40. The van der Waals surface area contributed by atoms with E-state index in [0.717, 1.165) is 0 Å². The van der Waals surface area contributed by atoms with E-state index in [-0.39, 0.29) is 30.3 Å². The predicted molar refractivity (Wildman–Crippen MR) is 111 cm³/mol. The van der Waals surface area contributed by atoms with Crippen LogP contribution in [0.25, 0.3) is 11.5 Å².